The van der Waals surface area contributed by atoms with Crippen LogP contribution in [0.4, 0.5) is 5.69 Å². The van der Waals surface area contributed by atoms with E-state index in [1.165, 1.54) is 17.1 Å². The first-order valence-electron chi connectivity index (χ1n) is 11.3. The van der Waals surface area contributed by atoms with Crippen molar-refractivity contribution in [3.63, 3.8) is 0 Å². The first-order valence-corrected chi connectivity index (χ1v) is 11.3. The minimum Gasteiger partial charge on any atom is -0.383 e. The molecule has 0 fully saturated rings. The van der Waals surface area contributed by atoms with Gasteiger partial charge in [0.2, 0.25) is 5.91 Å². The zero-order valence-corrected chi connectivity index (χ0v) is 20.3. The Morgan fingerprint density at radius 3 is 2.51 bits per heavy atom. The second-order valence-corrected chi connectivity index (χ2v) is 9.24. The summed E-state index contributed by atoms with van der Waals surface area (Å²) in [4.78, 5) is 44.0. The van der Waals surface area contributed by atoms with Gasteiger partial charge in [0.25, 0.3) is 5.56 Å². The smallest absolute Gasteiger partial charge is 0.333 e. The maximum atomic E-state index is 13.4. The second kappa shape index (κ2) is 9.71. The maximum absolute atomic E-state index is 13.4. The Kier molecular flexibility index (Phi) is 6.70. The molecule has 35 heavy (non-hydrogen) atoms. The van der Waals surface area contributed by atoms with Gasteiger partial charge in [-0.3, -0.25) is 18.8 Å². The largest absolute Gasteiger partial charge is 0.383 e. The Balaban J connectivity index is 1.73. The lowest BCUT2D eigenvalue weighted by Crippen LogP contribution is -2.43. The lowest BCUT2D eigenvalue weighted by Gasteiger charge is -2.18. The highest BCUT2D eigenvalue weighted by molar-refractivity contribution is 5.90. The van der Waals surface area contributed by atoms with Gasteiger partial charge in [-0.2, -0.15) is 5.10 Å². The number of rotatable bonds is 8. The summed E-state index contributed by atoms with van der Waals surface area (Å²) in [5.41, 5.74) is 0.415. The third kappa shape index (κ3) is 5.09. The van der Waals surface area contributed by atoms with E-state index in [-0.39, 0.29) is 23.2 Å². The van der Waals surface area contributed by atoms with Crippen LogP contribution >= 0.6 is 0 Å². The Labute approximate surface area is 201 Å². The van der Waals surface area contributed by atoms with E-state index in [0.717, 1.165) is 10.1 Å². The molecule has 0 saturated heterocycles. The van der Waals surface area contributed by atoms with Crippen LogP contribution in [-0.2, 0) is 34.7 Å². The van der Waals surface area contributed by atoms with Crippen LogP contribution in [0.3, 0.4) is 0 Å². The molecule has 3 heterocycles. The van der Waals surface area contributed by atoms with Gasteiger partial charge < -0.3 is 14.6 Å². The van der Waals surface area contributed by atoms with Crippen molar-refractivity contribution < 1.29 is 9.53 Å². The van der Waals surface area contributed by atoms with Gasteiger partial charge in [0.1, 0.15) is 6.54 Å². The maximum Gasteiger partial charge on any atom is 0.333 e. The monoisotopic (exact) mass is 479 g/mol. The van der Waals surface area contributed by atoms with E-state index in [4.69, 9.17) is 4.74 Å². The van der Waals surface area contributed by atoms with E-state index in [0.29, 0.717) is 18.8 Å². The molecular weight excluding hydrogens is 450 g/mol. The minimum absolute atomic E-state index is 0.206. The van der Waals surface area contributed by atoms with Crippen LogP contribution in [0.15, 0.2) is 58.6 Å². The molecule has 11 nitrogen and oxygen atoms in total. The zero-order valence-electron chi connectivity index (χ0n) is 20.3. The Morgan fingerprint density at radius 2 is 1.86 bits per heavy atom. The van der Waals surface area contributed by atoms with Crippen LogP contribution in [0.1, 0.15) is 26.3 Å². The van der Waals surface area contributed by atoms with Crippen molar-refractivity contribution in [3.05, 3.63) is 75.5 Å². The predicted octanol–water partition coefficient (Wildman–Crippen LogP) is 1.64. The number of aromatic nitrogens is 6. The molecule has 184 valence electrons. The quantitative estimate of drug-likeness (QED) is 0.411. The summed E-state index contributed by atoms with van der Waals surface area (Å²) in [6, 6.07) is 9.39. The van der Waals surface area contributed by atoms with Crippen molar-refractivity contribution in [2.45, 2.75) is 45.9 Å². The molecule has 4 aromatic rings. The molecule has 1 amide bonds. The molecule has 3 aromatic heterocycles. The summed E-state index contributed by atoms with van der Waals surface area (Å²) in [7, 11) is 1.56. The normalized spacial score (nSPS) is 11.8. The summed E-state index contributed by atoms with van der Waals surface area (Å²) >= 11 is 0. The van der Waals surface area contributed by atoms with Crippen molar-refractivity contribution in [3.8, 4) is 0 Å². The van der Waals surface area contributed by atoms with Gasteiger partial charge in [-0.25, -0.2) is 14.3 Å². The van der Waals surface area contributed by atoms with Crippen LogP contribution in [0, 0.1) is 0 Å². The molecule has 4 rings (SSSR count). The molecule has 11 heteroatoms. The molecule has 0 atom stereocenters. The van der Waals surface area contributed by atoms with E-state index < -0.39 is 23.7 Å². The molecule has 0 aliphatic heterocycles. The highest BCUT2D eigenvalue weighted by atomic mass is 16.5. The number of hydrogen-bond donors (Lipinski definition) is 1. The van der Waals surface area contributed by atoms with E-state index in [2.05, 4.69) is 15.4 Å². The average molecular weight is 480 g/mol. The summed E-state index contributed by atoms with van der Waals surface area (Å²) in [5.74, 6) is -0.508. The summed E-state index contributed by atoms with van der Waals surface area (Å²) in [6.45, 7) is 6.47. The SMILES string of the molecule is COCCn1cnc2c1c(=O)n(CC(=O)Nc1cnn(C(C)(C)C)c1)c(=O)n2Cc1ccccc1. The van der Waals surface area contributed by atoms with Gasteiger partial charge in [0.15, 0.2) is 11.2 Å². The van der Waals surface area contributed by atoms with Gasteiger partial charge >= 0.3 is 5.69 Å². The van der Waals surface area contributed by atoms with Crippen LogP contribution in [0.25, 0.3) is 11.2 Å². The van der Waals surface area contributed by atoms with Gasteiger partial charge in [0.05, 0.1) is 36.9 Å². The summed E-state index contributed by atoms with van der Waals surface area (Å²) in [6.07, 6.45) is 4.75. The molecule has 0 saturated carbocycles. The van der Waals surface area contributed by atoms with Gasteiger partial charge in [-0.1, -0.05) is 30.3 Å². The number of methoxy groups -OCH3 is 1. The summed E-state index contributed by atoms with van der Waals surface area (Å²) < 4.78 is 10.9. The Bertz CT molecular complexity index is 1460. The standard InChI is InChI=1S/C24H29N7O4/c1-24(2,3)31-14-18(12-26-31)27-19(32)15-30-22(33)20-21(25-16-28(20)10-11-35-4)29(23(30)34)13-17-8-6-5-7-9-17/h5-9,12,14,16H,10-11,13,15H2,1-4H3,(H,27,32). The Hall–Kier alpha value is -3.99. The van der Waals surface area contributed by atoms with Gasteiger partial charge in [-0.05, 0) is 26.3 Å². The number of carbonyl (C=O) groups excluding carboxylic acids is 1. The molecule has 0 bridgehead atoms. The fourth-order valence-electron chi connectivity index (χ4n) is 3.74. The van der Waals surface area contributed by atoms with Crippen LogP contribution in [0.5, 0.6) is 0 Å². The number of ether oxygens (including phenoxy) is 1. The first-order chi connectivity index (χ1) is 16.7. The van der Waals surface area contributed by atoms with E-state index in [1.807, 2.05) is 51.1 Å². The first kappa shape index (κ1) is 24.1. The third-order valence-electron chi connectivity index (χ3n) is 5.56. The van der Waals surface area contributed by atoms with E-state index >= 15 is 0 Å². The lowest BCUT2D eigenvalue weighted by atomic mass is 10.1. The minimum atomic E-state index is -0.608. The number of fused-ring (bicyclic) bond motifs is 1. The fourth-order valence-corrected chi connectivity index (χ4v) is 3.74. The van der Waals surface area contributed by atoms with Crippen molar-refractivity contribution in [2.75, 3.05) is 19.0 Å². The molecular formula is C24H29N7O4. The highest BCUT2D eigenvalue weighted by Gasteiger charge is 2.21. The molecule has 0 radical (unpaired) electrons. The number of nitrogens with zero attached hydrogens (tertiary/aromatic N) is 6. The number of imidazole rings is 1. The molecule has 0 unspecified atom stereocenters. The molecule has 1 N–H and O–H groups in total. The van der Waals surface area contributed by atoms with E-state index in [9.17, 15) is 14.4 Å². The fraction of sp³-hybridized carbons (Fsp3) is 0.375. The van der Waals surface area contributed by atoms with Crippen LogP contribution < -0.4 is 16.6 Å². The highest BCUT2D eigenvalue weighted by Crippen LogP contribution is 2.16. The topological polar surface area (TPSA) is 118 Å². The average Bonchev–Trinajstić information content (AvgIpc) is 3.46. The van der Waals surface area contributed by atoms with Crippen molar-refractivity contribution >= 4 is 22.8 Å². The van der Waals surface area contributed by atoms with Crippen molar-refractivity contribution in [2.24, 2.45) is 0 Å². The van der Waals surface area contributed by atoms with Crippen LogP contribution in [0.2, 0.25) is 0 Å². The molecule has 0 aliphatic carbocycles. The van der Waals surface area contributed by atoms with Crippen LogP contribution in [-0.4, -0.2) is 48.1 Å². The second-order valence-electron chi connectivity index (χ2n) is 9.24. The predicted molar refractivity (Wildman–Crippen MR) is 132 cm³/mol. The molecule has 0 aliphatic rings. The number of carbonyl (C=O) groups is 1. The number of amides is 1. The number of anilines is 1. The lowest BCUT2D eigenvalue weighted by molar-refractivity contribution is -0.116. The zero-order chi connectivity index (χ0) is 25.2. The number of benzene rings is 1. The summed E-state index contributed by atoms with van der Waals surface area (Å²) in [5, 5.41) is 6.99. The van der Waals surface area contributed by atoms with Crippen molar-refractivity contribution in [1.29, 1.82) is 0 Å². The third-order valence-corrected chi connectivity index (χ3v) is 5.56. The number of nitrogens with one attached hydrogen (secondary N) is 1. The number of hydrogen-bond acceptors (Lipinski definition) is 6. The van der Waals surface area contributed by atoms with Gasteiger partial charge in [0, 0.05) is 19.9 Å². The van der Waals surface area contributed by atoms with Gasteiger partial charge in [-0.15, -0.1) is 0 Å². The van der Waals surface area contributed by atoms with E-state index in [1.54, 1.807) is 22.6 Å². The Morgan fingerprint density at radius 1 is 1.11 bits per heavy atom. The molecule has 1 aromatic carbocycles. The van der Waals surface area contributed by atoms with Crippen molar-refractivity contribution in [1.82, 2.24) is 28.5 Å². The molecule has 0 spiro atoms.